The number of nitrogens with zero attached hydrogens (tertiary/aromatic N) is 2. The summed E-state index contributed by atoms with van der Waals surface area (Å²) >= 11 is 0. The van der Waals surface area contributed by atoms with Gasteiger partial charge < -0.3 is 10.6 Å². The van der Waals surface area contributed by atoms with Crippen LogP contribution in [-0.2, 0) is 11.2 Å². The molecule has 0 spiro atoms. The van der Waals surface area contributed by atoms with Crippen LogP contribution in [0.15, 0.2) is 54.6 Å². The van der Waals surface area contributed by atoms with Gasteiger partial charge in [-0.25, -0.2) is 4.68 Å². The number of aromatic nitrogens is 2. The monoisotopic (exact) mass is 360 g/mol. The van der Waals surface area contributed by atoms with Gasteiger partial charge in [0.15, 0.2) is 0 Å². The molecular weight excluding hydrogens is 340 g/mol. The number of hydrogen-bond acceptors (Lipinski definition) is 3. The summed E-state index contributed by atoms with van der Waals surface area (Å²) in [6.45, 7) is 3.84. The van der Waals surface area contributed by atoms with Crippen molar-refractivity contribution in [3.05, 3.63) is 77.0 Å². The molecule has 1 aliphatic rings. The van der Waals surface area contributed by atoms with Crippen molar-refractivity contribution < 1.29 is 9.59 Å². The van der Waals surface area contributed by atoms with Crippen molar-refractivity contribution in [2.45, 2.75) is 26.3 Å². The van der Waals surface area contributed by atoms with Gasteiger partial charge in [-0.2, -0.15) is 5.10 Å². The van der Waals surface area contributed by atoms with Crippen LogP contribution in [0.5, 0.6) is 0 Å². The fraction of sp³-hybridized carbons (Fsp3) is 0.190. The van der Waals surface area contributed by atoms with Gasteiger partial charge in [-0.3, -0.25) is 9.59 Å². The molecule has 0 radical (unpaired) electrons. The van der Waals surface area contributed by atoms with Crippen LogP contribution in [0.3, 0.4) is 0 Å². The first kappa shape index (κ1) is 17.0. The molecule has 1 aliphatic heterocycles. The number of carbonyl (C=O) groups is 2. The SMILES string of the molecule is Cc1cccc(C(=O)NC2Cc3c(C)nn(-c4ccccc4)c3NC2=O)c1. The van der Waals surface area contributed by atoms with Crippen LogP contribution in [0.1, 0.15) is 27.2 Å². The molecule has 3 aromatic rings. The maximum absolute atomic E-state index is 12.6. The number of carbonyl (C=O) groups excluding carboxylic acids is 2. The molecule has 27 heavy (non-hydrogen) atoms. The van der Waals surface area contributed by atoms with Crippen LogP contribution < -0.4 is 10.6 Å². The van der Waals surface area contributed by atoms with Crippen LogP contribution in [0.2, 0.25) is 0 Å². The van der Waals surface area contributed by atoms with E-state index >= 15 is 0 Å². The van der Waals surface area contributed by atoms with Crippen molar-refractivity contribution in [3.63, 3.8) is 0 Å². The van der Waals surface area contributed by atoms with Crippen LogP contribution in [-0.4, -0.2) is 27.6 Å². The second-order valence-electron chi connectivity index (χ2n) is 6.75. The lowest BCUT2D eigenvalue weighted by Gasteiger charge is -2.24. The summed E-state index contributed by atoms with van der Waals surface area (Å²) in [5.41, 5.74) is 4.20. The van der Waals surface area contributed by atoms with Gasteiger partial charge in [-0.05, 0) is 38.1 Å². The number of anilines is 1. The average Bonchev–Trinajstić information content (AvgIpc) is 2.98. The molecule has 0 fully saturated rings. The summed E-state index contributed by atoms with van der Waals surface area (Å²) in [5.74, 6) is 0.181. The summed E-state index contributed by atoms with van der Waals surface area (Å²) in [6.07, 6.45) is 0.414. The normalized spacial score (nSPS) is 15.8. The smallest absolute Gasteiger partial charge is 0.251 e. The average molecular weight is 360 g/mol. The van der Waals surface area contributed by atoms with Gasteiger partial charge in [-0.1, -0.05) is 35.9 Å². The first-order chi connectivity index (χ1) is 13.0. The van der Waals surface area contributed by atoms with Gasteiger partial charge in [0, 0.05) is 17.5 Å². The van der Waals surface area contributed by atoms with E-state index in [0.29, 0.717) is 17.8 Å². The van der Waals surface area contributed by atoms with Gasteiger partial charge in [0.25, 0.3) is 5.91 Å². The Morgan fingerprint density at radius 1 is 1.15 bits per heavy atom. The van der Waals surface area contributed by atoms with E-state index in [1.807, 2.05) is 56.3 Å². The van der Waals surface area contributed by atoms with Crippen molar-refractivity contribution in [2.24, 2.45) is 0 Å². The molecule has 1 aromatic heterocycles. The van der Waals surface area contributed by atoms with Crippen LogP contribution in [0, 0.1) is 13.8 Å². The Balaban J connectivity index is 1.60. The molecule has 2 amide bonds. The van der Waals surface area contributed by atoms with E-state index in [1.165, 1.54) is 0 Å². The lowest BCUT2D eigenvalue weighted by Crippen LogP contribution is -2.47. The standard InChI is InChI=1S/C21H20N4O2/c1-13-7-6-8-15(11-13)20(26)22-18-12-17-14(2)24-25(19(17)23-21(18)27)16-9-4-3-5-10-16/h3-11,18H,12H2,1-2H3,(H,22,26)(H,23,27). The number of hydrogen-bond donors (Lipinski definition) is 2. The fourth-order valence-corrected chi connectivity index (χ4v) is 3.33. The summed E-state index contributed by atoms with van der Waals surface area (Å²) in [4.78, 5) is 25.1. The zero-order chi connectivity index (χ0) is 19.0. The van der Waals surface area contributed by atoms with E-state index < -0.39 is 6.04 Å². The van der Waals surface area contributed by atoms with E-state index in [9.17, 15) is 9.59 Å². The second kappa shape index (κ2) is 6.72. The highest BCUT2D eigenvalue weighted by atomic mass is 16.2. The number of nitrogens with one attached hydrogen (secondary N) is 2. The van der Waals surface area contributed by atoms with Gasteiger partial charge >= 0.3 is 0 Å². The van der Waals surface area contributed by atoms with E-state index in [4.69, 9.17) is 0 Å². The molecule has 6 heteroatoms. The Kier molecular flexibility index (Phi) is 4.24. The summed E-state index contributed by atoms with van der Waals surface area (Å²) < 4.78 is 1.74. The first-order valence-corrected chi connectivity index (χ1v) is 8.85. The molecule has 2 heterocycles. The molecule has 0 saturated heterocycles. The van der Waals surface area contributed by atoms with E-state index in [1.54, 1.807) is 16.8 Å². The molecule has 0 aliphatic carbocycles. The minimum atomic E-state index is -0.627. The highest BCUT2D eigenvalue weighted by Gasteiger charge is 2.32. The molecule has 2 aromatic carbocycles. The summed E-state index contributed by atoms with van der Waals surface area (Å²) in [5, 5.41) is 10.3. The van der Waals surface area contributed by atoms with Crippen molar-refractivity contribution in [3.8, 4) is 5.69 Å². The zero-order valence-electron chi connectivity index (χ0n) is 15.2. The van der Waals surface area contributed by atoms with Crippen molar-refractivity contribution >= 4 is 17.6 Å². The molecule has 1 atom stereocenters. The molecule has 2 N–H and O–H groups in total. The number of benzene rings is 2. The Bertz CT molecular complexity index is 1020. The minimum Gasteiger partial charge on any atom is -0.340 e. The minimum absolute atomic E-state index is 0.236. The molecule has 6 nitrogen and oxygen atoms in total. The highest BCUT2D eigenvalue weighted by Crippen LogP contribution is 2.28. The molecular formula is C21H20N4O2. The third-order valence-corrected chi connectivity index (χ3v) is 4.74. The Hall–Kier alpha value is -3.41. The Morgan fingerprint density at radius 3 is 2.67 bits per heavy atom. The number of rotatable bonds is 3. The van der Waals surface area contributed by atoms with E-state index in [-0.39, 0.29) is 11.8 Å². The molecule has 0 bridgehead atoms. The number of amides is 2. The van der Waals surface area contributed by atoms with Crippen molar-refractivity contribution in [1.82, 2.24) is 15.1 Å². The third kappa shape index (κ3) is 3.21. The number of aryl methyl sites for hydroxylation is 2. The predicted octanol–water partition coefficient (Wildman–Crippen LogP) is 2.78. The molecule has 0 saturated carbocycles. The van der Waals surface area contributed by atoms with Gasteiger partial charge in [-0.15, -0.1) is 0 Å². The Morgan fingerprint density at radius 2 is 1.93 bits per heavy atom. The quantitative estimate of drug-likeness (QED) is 0.754. The largest absolute Gasteiger partial charge is 0.340 e. The zero-order valence-corrected chi connectivity index (χ0v) is 15.2. The van der Waals surface area contributed by atoms with Crippen LogP contribution >= 0.6 is 0 Å². The van der Waals surface area contributed by atoms with Gasteiger partial charge in [0.1, 0.15) is 11.9 Å². The Labute approximate surface area is 157 Å². The number of para-hydroxylation sites is 1. The van der Waals surface area contributed by atoms with Crippen molar-refractivity contribution in [2.75, 3.05) is 5.32 Å². The lowest BCUT2D eigenvalue weighted by molar-refractivity contribution is -0.118. The third-order valence-electron chi connectivity index (χ3n) is 4.74. The van der Waals surface area contributed by atoms with Crippen LogP contribution in [0.25, 0.3) is 5.69 Å². The van der Waals surface area contributed by atoms with Gasteiger partial charge in [0.05, 0.1) is 11.4 Å². The van der Waals surface area contributed by atoms with Crippen LogP contribution in [0.4, 0.5) is 5.82 Å². The maximum atomic E-state index is 12.6. The number of fused-ring (bicyclic) bond motifs is 1. The van der Waals surface area contributed by atoms with E-state index in [2.05, 4.69) is 15.7 Å². The fourth-order valence-electron chi connectivity index (χ4n) is 3.33. The molecule has 1 unspecified atom stereocenters. The lowest BCUT2D eigenvalue weighted by atomic mass is 10.0. The second-order valence-corrected chi connectivity index (χ2v) is 6.75. The highest BCUT2D eigenvalue weighted by molar-refractivity contribution is 6.02. The summed E-state index contributed by atoms with van der Waals surface area (Å²) in [6, 6.07) is 16.3. The topological polar surface area (TPSA) is 76.0 Å². The molecule has 136 valence electrons. The maximum Gasteiger partial charge on any atom is 0.251 e. The predicted molar refractivity (Wildman–Crippen MR) is 103 cm³/mol. The first-order valence-electron chi connectivity index (χ1n) is 8.85. The van der Waals surface area contributed by atoms with Gasteiger partial charge in [0.2, 0.25) is 5.91 Å². The molecule has 4 rings (SSSR count). The van der Waals surface area contributed by atoms with E-state index in [0.717, 1.165) is 22.5 Å². The summed E-state index contributed by atoms with van der Waals surface area (Å²) in [7, 11) is 0. The van der Waals surface area contributed by atoms with Crippen molar-refractivity contribution in [1.29, 1.82) is 0 Å².